The van der Waals surface area contributed by atoms with E-state index in [0.29, 0.717) is 0 Å². The first-order valence-corrected chi connectivity index (χ1v) is 14.8. The molecule has 0 heterocycles. The summed E-state index contributed by atoms with van der Waals surface area (Å²) in [5, 5.41) is 0. The van der Waals surface area contributed by atoms with Crippen molar-refractivity contribution in [3.05, 3.63) is 84.1 Å². The van der Waals surface area contributed by atoms with Gasteiger partial charge >= 0.3 is 0 Å². The van der Waals surface area contributed by atoms with Crippen LogP contribution in [0.1, 0.15) is 100 Å². The number of allylic oxidation sites excluding steroid dienone is 6. The van der Waals surface area contributed by atoms with Gasteiger partial charge in [0.1, 0.15) is 12.0 Å². The number of aldehydes is 1. The highest BCUT2D eigenvalue weighted by atomic mass is 16.1. The lowest BCUT2D eigenvalue weighted by molar-refractivity contribution is -0.112. The minimum absolute atomic E-state index is 0.250. The van der Waals surface area contributed by atoms with Crippen LogP contribution in [0.25, 0.3) is 0 Å². The number of nitrogens with two attached hydrogens (primary N) is 3. The largest absolute Gasteiger partial charge is 0.372 e. The molecule has 2 amide bonds. The average Bonchev–Trinajstić information content (AvgIpc) is 2.99. The molecule has 0 saturated heterocycles. The minimum atomic E-state index is -0.502. The Morgan fingerprint density at radius 3 is 1.71 bits per heavy atom. The van der Waals surface area contributed by atoms with E-state index in [1.807, 2.05) is 53.7 Å². The van der Waals surface area contributed by atoms with Crippen LogP contribution in [-0.4, -0.2) is 31.4 Å². The molecule has 0 aromatic heterocycles. The van der Waals surface area contributed by atoms with Gasteiger partial charge in [-0.1, -0.05) is 122 Å². The predicted octanol–water partition coefficient (Wildman–Crippen LogP) is 7.90. The Hall–Kier alpha value is -3.58. The number of rotatable bonds is 10. The summed E-state index contributed by atoms with van der Waals surface area (Å²) in [6, 6.07) is 10.7. The maximum atomic E-state index is 10.7. The Labute approximate surface area is 259 Å². The first-order valence-electron chi connectivity index (χ1n) is 14.8. The Balaban J connectivity index is -0.0000000997. The highest BCUT2D eigenvalue weighted by Crippen LogP contribution is 2.05. The van der Waals surface area contributed by atoms with Gasteiger partial charge in [0.25, 0.3) is 5.91 Å². The molecule has 7 heteroatoms. The van der Waals surface area contributed by atoms with Gasteiger partial charge in [-0.3, -0.25) is 19.4 Å². The van der Waals surface area contributed by atoms with Crippen LogP contribution in [0.15, 0.2) is 83.6 Å². The van der Waals surface area contributed by atoms with Crippen molar-refractivity contribution in [2.75, 3.05) is 7.05 Å². The normalized spacial score (nSPS) is 10.1. The summed E-state index contributed by atoms with van der Waals surface area (Å²) < 4.78 is 0. The van der Waals surface area contributed by atoms with Gasteiger partial charge in [0.15, 0.2) is 0 Å². The third-order valence-corrected chi connectivity index (χ3v) is 3.87. The number of primary amides is 2. The third-order valence-electron chi connectivity index (χ3n) is 3.87. The van der Waals surface area contributed by atoms with Gasteiger partial charge < -0.3 is 17.2 Å². The van der Waals surface area contributed by atoms with E-state index < -0.39 is 5.91 Å². The second kappa shape index (κ2) is 50.3. The Kier molecular flexibility index (Phi) is 61.3. The zero-order valence-corrected chi connectivity index (χ0v) is 28.6. The fourth-order valence-corrected chi connectivity index (χ4v) is 2.19. The van der Waals surface area contributed by atoms with Gasteiger partial charge in [0.2, 0.25) is 6.41 Å². The monoisotopic (exact) mass is 588 g/mol. The summed E-state index contributed by atoms with van der Waals surface area (Å²) in [6.07, 6.45) is 19.3. The van der Waals surface area contributed by atoms with Crippen molar-refractivity contribution in [1.82, 2.24) is 0 Å². The van der Waals surface area contributed by atoms with E-state index >= 15 is 0 Å². The first-order chi connectivity index (χ1) is 20.1. The van der Waals surface area contributed by atoms with E-state index in [1.54, 1.807) is 30.5 Å². The summed E-state index contributed by atoms with van der Waals surface area (Å²) in [5.74, 6) is 0.331. The van der Waals surface area contributed by atoms with Gasteiger partial charge in [-0.05, 0) is 64.6 Å². The molecule has 0 saturated carbocycles. The van der Waals surface area contributed by atoms with Crippen LogP contribution in [-0.2, 0) is 20.8 Å². The molecule has 1 rings (SSSR count). The van der Waals surface area contributed by atoms with Crippen molar-refractivity contribution in [1.29, 1.82) is 0 Å². The lowest BCUT2D eigenvalue weighted by atomic mass is 10.1. The molecular formula is C35H64N4O3. The molecule has 0 bridgehead atoms. The molecule has 0 aliphatic rings. The molecule has 7 nitrogen and oxygen atoms in total. The van der Waals surface area contributed by atoms with E-state index in [1.165, 1.54) is 38.3 Å². The molecule has 1 aromatic carbocycles. The number of benzene rings is 1. The zero-order valence-electron chi connectivity index (χ0n) is 28.6. The Bertz CT molecular complexity index is 823. The number of hydrogen-bond donors (Lipinski definition) is 3. The van der Waals surface area contributed by atoms with Crippen molar-refractivity contribution in [2.45, 2.75) is 101 Å². The quantitative estimate of drug-likeness (QED) is 0.0839. The third kappa shape index (κ3) is 56.6. The average molecular weight is 589 g/mol. The van der Waals surface area contributed by atoms with Crippen molar-refractivity contribution in [3.8, 4) is 0 Å². The fraction of sp³-hybridized carbons (Fsp3) is 0.486. The number of amides is 2. The number of carbonyl (C=O) groups excluding carboxylic acids is 3. The van der Waals surface area contributed by atoms with Crippen LogP contribution in [0.2, 0.25) is 0 Å². The van der Waals surface area contributed by atoms with Crippen LogP contribution in [0, 0.1) is 5.92 Å². The topological polar surface area (TPSA) is 142 Å². The maximum Gasteiger partial charge on any atom is 0.267 e. The molecule has 0 aliphatic carbocycles. The molecular weight excluding hydrogens is 524 g/mol. The Morgan fingerprint density at radius 1 is 0.905 bits per heavy atom. The minimum Gasteiger partial charge on any atom is -0.372 e. The highest BCUT2D eigenvalue weighted by Gasteiger charge is 1.99. The van der Waals surface area contributed by atoms with Gasteiger partial charge in [0, 0.05) is 11.8 Å². The number of carbonyl (C=O) groups is 3. The number of nitrogens with zero attached hydrogens (tertiary/aromatic N) is 1. The van der Waals surface area contributed by atoms with Gasteiger partial charge in [0.05, 0.1) is 0 Å². The van der Waals surface area contributed by atoms with E-state index in [4.69, 9.17) is 10.5 Å². The maximum absolute atomic E-state index is 10.7. The molecule has 0 unspecified atom stereocenters. The number of hydrogen-bond acceptors (Lipinski definition) is 5. The summed E-state index contributed by atoms with van der Waals surface area (Å²) in [5.41, 5.74) is 16.2. The second-order valence-corrected chi connectivity index (χ2v) is 8.39. The summed E-state index contributed by atoms with van der Waals surface area (Å²) in [4.78, 5) is 33.2. The molecule has 1 aromatic rings. The Morgan fingerprint density at radius 2 is 1.40 bits per heavy atom. The van der Waals surface area contributed by atoms with Crippen molar-refractivity contribution >= 4 is 24.3 Å². The molecule has 242 valence electrons. The number of aryl methyl sites for hydroxylation is 1. The lowest BCUT2D eigenvalue weighted by Gasteiger charge is -1.98. The van der Waals surface area contributed by atoms with E-state index in [0.717, 1.165) is 24.2 Å². The van der Waals surface area contributed by atoms with E-state index in [2.05, 4.69) is 74.5 Å². The second-order valence-electron chi connectivity index (χ2n) is 8.39. The van der Waals surface area contributed by atoms with Crippen molar-refractivity contribution in [2.24, 2.45) is 28.1 Å². The fourth-order valence-electron chi connectivity index (χ4n) is 2.19. The molecule has 0 aliphatic heterocycles. The molecule has 0 atom stereocenters. The molecule has 0 spiro atoms. The SMILES string of the molecule is C/C=C\C(C=O)=C/C.CC.CC(C)C.CCCCCc1ccccc1.CN.C\C=C/N=C(\C=C/CC)C(N)=O.NC=O. The lowest BCUT2D eigenvalue weighted by Crippen LogP contribution is -2.20. The van der Waals surface area contributed by atoms with Crippen LogP contribution >= 0.6 is 0 Å². The highest BCUT2D eigenvalue weighted by molar-refractivity contribution is 6.42. The van der Waals surface area contributed by atoms with Crippen LogP contribution < -0.4 is 17.2 Å². The molecule has 0 fully saturated rings. The van der Waals surface area contributed by atoms with Gasteiger partial charge in [-0.25, -0.2) is 0 Å². The van der Waals surface area contributed by atoms with Crippen molar-refractivity contribution < 1.29 is 14.4 Å². The van der Waals surface area contributed by atoms with Gasteiger partial charge in [-0.15, -0.1) is 0 Å². The van der Waals surface area contributed by atoms with Gasteiger partial charge in [-0.2, -0.15) is 0 Å². The summed E-state index contributed by atoms with van der Waals surface area (Å²) >= 11 is 0. The number of aliphatic imine (C=N–C) groups is 1. The summed E-state index contributed by atoms with van der Waals surface area (Å²) in [7, 11) is 1.50. The molecule has 6 N–H and O–H groups in total. The smallest absolute Gasteiger partial charge is 0.267 e. The predicted molar refractivity (Wildman–Crippen MR) is 187 cm³/mol. The first kappa shape index (κ1) is 51.2. The van der Waals surface area contributed by atoms with E-state index in [9.17, 15) is 9.59 Å². The van der Waals surface area contributed by atoms with Crippen LogP contribution in [0.3, 0.4) is 0 Å². The van der Waals surface area contributed by atoms with E-state index in [-0.39, 0.29) is 12.1 Å². The van der Waals surface area contributed by atoms with Crippen LogP contribution in [0.5, 0.6) is 0 Å². The molecule has 42 heavy (non-hydrogen) atoms. The molecule has 0 radical (unpaired) electrons. The van der Waals surface area contributed by atoms with Crippen LogP contribution in [0.4, 0.5) is 0 Å². The standard InChI is InChI=1S/C11H16.C9H14N2O.C7H10O.C4H10.C2H6.CH3NO.CH5N/c1-2-3-5-8-11-9-6-4-7-10-11;1-3-5-6-8(9(10)12)11-7-4-2;1-3-5-7(4-2)6-8;1-4(2)3;1-2;2-1-3;1-2/h4,6-7,9-10H,2-3,5,8H2,1H3;4-7H,3H2,1-2H3,(H2,10,12);3-6H,1-2H3;4H,1-3H3;1-2H3;1H,(H2,2,3);2H2,1H3/b;6-5-,7-4-,11-8+;5-3-,7-4+;;;;. The van der Waals surface area contributed by atoms with Crippen molar-refractivity contribution in [3.63, 3.8) is 0 Å². The number of unbranched alkanes of at least 4 members (excludes halogenated alkanes) is 2. The zero-order chi connectivity index (χ0) is 34.0. The summed E-state index contributed by atoms with van der Waals surface area (Å²) in [6.45, 7) is 20.3.